The summed E-state index contributed by atoms with van der Waals surface area (Å²) in [7, 11) is 0. The molecule has 0 saturated carbocycles. The maximum atomic E-state index is 10.1. The molecule has 0 bridgehead atoms. The van der Waals surface area contributed by atoms with Crippen molar-refractivity contribution >= 4 is 33.2 Å². The van der Waals surface area contributed by atoms with Crippen LogP contribution >= 0.6 is 27.5 Å². The first-order chi connectivity index (χ1) is 6.11. The second kappa shape index (κ2) is 6.85. The van der Waals surface area contributed by atoms with Gasteiger partial charge in [-0.1, -0.05) is 15.9 Å². The van der Waals surface area contributed by atoms with Crippen molar-refractivity contribution in [2.24, 2.45) is 10.7 Å². The summed E-state index contributed by atoms with van der Waals surface area (Å²) in [6.07, 6.45) is 1.16. The number of rotatable bonds is 5. The average Bonchev–Trinajstić information content (AvgIpc) is 2.11. The number of alkyl halides is 2. The lowest BCUT2D eigenvalue weighted by molar-refractivity contribution is -0.426. The van der Waals surface area contributed by atoms with E-state index in [4.69, 9.17) is 17.3 Å². The summed E-state index contributed by atoms with van der Waals surface area (Å²) in [5.74, 6) is -0.337. The van der Waals surface area contributed by atoms with E-state index in [1.807, 2.05) is 0 Å². The number of nitrogens with zero attached hydrogens (tertiary/aromatic N) is 2. The maximum absolute atomic E-state index is 10.1. The maximum Gasteiger partial charge on any atom is 0.315 e. The fraction of sp³-hybridized carbons (Fsp3) is 0.500. The van der Waals surface area contributed by atoms with E-state index < -0.39 is 10.7 Å². The molecule has 0 aromatic carbocycles. The van der Waals surface area contributed by atoms with Crippen LogP contribution in [-0.2, 0) is 0 Å². The summed E-state index contributed by atoms with van der Waals surface area (Å²) >= 11 is 8.65. The van der Waals surface area contributed by atoms with Crippen LogP contribution in [0.25, 0.3) is 0 Å². The molecule has 0 spiro atoms. The molecule has 13 heavy (non-hydrogen) atoms. The number of nitro groups is 1. The monoisotopic (exact) mass is 269 g/mol. The fourth-order valence-electron chi connectivity index (χ4n) is 0.536. The molecular weight excluding hydrogens is 261 g/mol. The molecule has 0 aliphatic rings. The van der Waals surface area contributed by atoms with Gasteiger partial charge in [-0.3, -0.25) is 10.7 Å². The Hall–Kier alpha value is -0.620. The largest absolute Gasteiger partial charge is 0.358 e. The van der Waals surface area contributed by atoms with Gasteiger partial charge < -0.3 is 10.1 Å². The minimum atomic E-state index is -0.684. The highest BCUT2D eigenvalue weighted by molar-refractivity contribution is 9.09. The van der Waals surface area contributed by atoms with Crippen LogP contribution < -0.4 is 5.73 Å². The summed E-state index contributed by atoms with van der Waals surface area (Å²) in [5, 5.41) is 10.8. The Morgan fingerprint density at radius 1 is 1.77 bits per heavy atom. The summed E-state index contributed by atoms with van der Waals surface area (Å²) < 4.78 is 0. The van der Waals surface area contributed by atoms with E-state index in [0.717, 1.165) is 6.08 Å². The van der Waals surface area contributed by atoms with Crippen molar-refractivity contribution in [1.82, 2.24) is 0 Å². The van der Waals surface area contributed by atoms with Crippen LogP contribution in [0.2, 0.25) is 0 Å². The van der Waals surface area contributed by atoms with Gasteiger partial charge in [0.25, 0.3) is 0 Å². The Kier molecular flexibility index (Phi) is 6.52. The Balaban J connectivity index is 4.43. The number of aliphatic imine (C=N–C) groups is 1. The molecule has 7 heteroatoms. The third-order valence-electron chi connectivity index (χ3n) is 1.06. The van der Waals surface area contributed by atoms with Crippen molar-refractivity contribution in [1.29, 1.82) is 0 Å². The molecule has 0 aliphatic carbocycles. The minimum absolute atomic E-state index is 0.113. The standard InChI is InChI=1S/C6H9BrClN3O2/c7-1-2-10-5(4-8)3-6(9)11(12)13/h3H,1-2,4,9H2/b6-3+,10-5?. The van der Waals surface area contributed by atoms with Gasteiger partial charge in [0.05, 0.1) is 17.7 Å². The second-order valence-corrected chi connectivity index (χ2v) is 3.08. The molecule has 0 aromatic heterocycles. The van der Waals surface area contributed by atoms with Crippen molar-refractivity contribution in [2.75, 3.05) is 17.8 Å². The number of allylic oxidation sites excluding steroid dienone is 1. The zero-order chi connectivity index (χ0) is 10.3. The zero-order valence-electron chi connectivity index (χ0n) is 6.74. The van der Waals surface area contributed by atoms with Crippen LogP contribution in [0.3, 0.4) is 0 Å². The van der Waals surface area contributed by atoms with E-state index >= 15 is 0 Å². The Morgan fingerprint density at radius 2 is 2.38 bits per heavy atom. The van der Waals surface area contributed by atoms with Gasteiger partial charge in [0.2, 0.25) is 0 Å². The predicted octanol–water partition coefficient (Wildman–Crippen LogP) is 1.14. The molecule has 5 nitrogen and oxygen atoms in total. The van der Waals surface area contributed by atoms with Crippen LogP contribution in [0.1, 0.15) is 0 Å². The molecular formula is C6H9BrClN3O2. The fourth-order valence-corrected chi connectivity index (χ4v) is 0.875. The molecule has 0 aliphatic heterocycles. The number of nitrogens with two attached hydrogens (primary N) is 1. The van der Waals surface area contributed by atoms with Gasteiger partial charge in [0.1, 0.15) is 0 Å². The van der Waals surface area contributed by atoms with Crippen molar-refractivity contribution < 1.29 is 4.92 Å². The SMILES string of the molecule is N/C(=C\C(CCl)=NCCBr)[N+](=O)[O-]. The predicted molar refractivity (Wildman–Crippen MR) is 56.1 cm³/mol. The Bertz CT molecular complexity index is 242. The van der Waals surface area contributed by atoms with Crippen LogP contribution in [0.5, 0.6) is 0 Å². The summed E-state index contributed by atoms with van der Waals surface area (Å²) in [5.41, 5.74) is 5.49. The van der Waals surface area contributed by atoms with Crippen molar-refractivity contribution in [3.05, 3.63) is 22.0 Å². The third kappa shape index (κ3) is 5.59. The van der Waals surface area contributed by atoms with Crippen LogP contribution in [0.4, 0.5) is 0 Å². The smallest absolute Gasteiger partial charge is 0.315 e. The lowest BCUT2D eigenvalue weighted by Crippen LogP contribution is -2.12. The molecule has 2 N–H and O–H groups in total. The highest BCUT2D eigenvalue weighted by Crippen LogP contribution is 1.93. The van der Waals surface area contributed by atoms with E-state index in [2.05, 4.69) is 20.9 Å². The molecule has 0 radical (unpaired) electrons. The number of hydrogen-bond donors (Lipinski definition) is 1. The molecule has 0 amide bonds. The number of halogens is 2. The molecule has 0 aromatic rings. The van der Waals surface area contributed by atoms with Gasteiger partial charge in [-0.15, -0.1) is 11.6 Å². The summed E-state index contributed by atoms with van der Waals surface area (Å²) in [6.45, 7) is 0.517. The second-order valence-electron chi connectivity index (χ2n) is 2.02. The van der Waals surface area contributed by atoms with Gasteiger partial charge in [-0.2, -0.15) is 0 Å². The van der Waals surface area contributed by atoms with E-state index in [-0.39, 0.29) is 5.88 Å². The topological polar surface area (TPSA) is 81.5 Å². The minimum Gasteiger partial charge on any atom is -0.358 e. The van der Waals surface area contributed by atoms with Crippen molar-refractivity contribution in [2.45, 2.75) is 0 Å². The van der Waals surface area contributed by atoms with E-state index in [0.29, 0.717) is 17.6 Å². The molecule has 0 rings (SSSR count). The van der Waals surface area contributed by atoms with Gasteiger partial charge in [-0.05, 0) is 4.92 Å². The summed E-state index contributed by atoms with van der Waals surface area (Å²) in [4.78, 5) is 13.4. The van der Waals surface area contributed by atoms with Crippen LogP contribution in [0, 0.1) is 10.1 Å². The van der Waals surface area contributed by atoms with E-state index in [1.165, 1.54) is 0 Å². The zero-order valence-corrected chi connectivity index (χ0v) is 9.08. The molecule has 0 saturated heterocycles. The lowest BCUT2D eigenvalue weighted by atomic mass is 10.4. The Morgan fingerprint density at radius 3 is 2.77 bits per heavy atom. The first kappa shape index (κ1) is 12.4. The number of hydrogen-bond acceptors (Lipinski definition) is 4. The van der Waals surface area contributed by atoms with Crippen molar-refractivity contribution in [3.63, 3.8) is 0 Å². The van der Waals surface area contributed by atoms with Crippen LogP contribution in [0.15, 0.2) is 16.9 Å². The summed E-state index contributed by atoms with van der Waals surface area (Å²) in [6, 6.07) is 0. The Labute approximate surface area is 88.9 Å². The van der Waals surface area contributed by atoms with Gasteiger partial charge in [0, 0.05) is 11.9 Å². The lowest BCUT2D eigenvalue weighted by Gasteiger charge is -1.96. The first-order valence-electron chi connectivity index (χ1n) is 3.38. The molecule has 0 unspecified atom stereocenters. The first-order valence-corrected chi connectivity index (χ1v) is 5.04. The molecule has 0 atom stereocenters. The average molecular weight is 271 g/mol. The third-order valence-corrected chi connectivity index (χ3v) is 1.69. The van der Waals surface area contributed by atoms with Gasteiger partial charge >= 0.3 is 5.82 Å². The normalized spacial score (nSPS) is 13.1. The van der Waals surface area contributed by atoms with Crippen LogP contribution in [-0.4, -0.2) is 28.4 Å². The molecule has 0 fully saturated rings. The van der Waals surface area contributed by atoms with Gasteiger partial charge in [-0.25, -0.2) is 0 Å². The van der Waals surface area contributed by atoms with Crippen molar-refractivity contribution in [3.8, 4) is 0 Å². The van der Waals surface area contributed by atoms with E-state index in [9.17, 15) is 10.1 Å². The molecule has 0 heterocycles. The highest BCUT2D eigenvalue weighted by Gasteiger charge is 2.02. The van der Waals surface area contributed by atoms with E-state index in [1.54, 1.807) is 0 Å². The molecule has 74 valence electrons. The van der Waals surface area contributed by atoms with Gasteiger partial charge in [0.15, 0.2) is 0 Å². The quantitative estimate of drug-likeness (QED) is 0.352. The highest BCUT2D eigenvalue weighted by atomic mass is 79.9.